The molecule has 0 amide bonds. The first-order valence-corrected chi connectivity index (χ1v) is 30.8. The summed E-state index contributed by atoms with van der Waals surface area (Å²) in [7, 11) is 0. The minimum atomic E-state index is -0.639. The van der Waals surface area contributed by atoms with Gasteiger partial charge in [-0.2, -0.15) is 0 Å². The molecule has 22 nitrogen and oxygen atoms in total. The van der Waals surface area contributed by atoms with E-state index in [0.717, 1.165) is 23.3 Å². The number of thioether (sulfide) groups is 2. The summed E-state index contributed by atoms with van der Waals surface area (Å²) in [5.74, 6) is -6.10. The van der Waals surface area contributed by atoms with E-state index >= 15 is 0 Å². The van der Waals surface area contributed by atoms with Crippen LogP contribution in [0.2, 0.25) is 0 Å². The van der Waals surface area contributed by atoms with Crippen molar-refractivity contribution in [3.05, 3.63) is 118 Å². The minimum Gasteiger partial charge on any atom is -0.465 e. The Balaban J connectivity index is 0.00000334. The molecule has 0 unspecified atom stereocenters. The molecule has 6 rings (SSSR count). The monoisotopic (exact) mass is 1270 g/mol. The van der Waals surface area contributed by atoms with Crippen molar-refractivity contribution in [2.45, 2.75) is 134 Å². The standard InChI is InChI=1S/C60H63NO20S2.2C2H6.CHN/c1-5-47(62)74-31-33-76-51(66)25-23-49(64)72-29-27-38-7-19-44(20-8-38)78-57(68)40-11-15-42(16-12-40)59(70)80-46-35-37(3)54(56-55(46)82-53(83-56)36-61-4)81-60(71)43-17-13-41(14-18-43)58(69)79-45-21-9-39(10-22-45)28-30-73-50(65)24-26-52(67)77-34-32-75-48(63)6-2;3*1-2/h5-10,19-22,35-36,40-43H,1-2,11-18,23-34H2,3H3;2*1-2H3;1H/b53-36+;;;. The second-order valence-corrected chi connectivity index (χ2v) is 21.5. The maximum Gasteiger partial charge on any atom is 0.330 e. The molecule has 1 aliphatic heterocycles. The highest BCUT2D eigenvalue weighted by molar-refractivity contribution is 8.24. The van der Waals surface area contributed by atoms with E-state index < -0.39 is 83.4 Å². The number of ether oxygens (including phenoxy) is 10. The van der Waals surface area contributed by atoms with E-state index in [4.69, 9.17) is 59.2 Å². The van der Waals surface area contributed by atoms with E-state index in [0.29, 0.717) is 101 Å². The first kappa shape index (κ1) is 74.5. The van der Waals surface area contributed by atoms with Crippen LogP contribution in [0.15, 0.2) is 100 Å². The maximum absolute atomic E-state index is 13.7. The van der Waals surface area contributed by atoms with E-state index in [2.05, 4.69) is 24.6 Å². The smallest absolute Gasteiger partial charge is 0.330 e. The van der Waals surface area contributed by atoms with E-state index in [-0.39, 0.29) is 71.1 Å². The average Bonchev–Trinajstić information content (AvgIpc) is 1.77. The number of carbonyl (C=O) groups excluding carboxylic acids is 10. The van der Waals surface area contributed by atoms with Crippen molar-refractivity contribution in [3.8, 4) is 29.6 Å². The fourth-order valence-corrected chi connectivity index (χ4v) is 11.2. The number of esters is 10. The van der Waals surface area contributed by atoms with E-state index in [1.54, 1.807) is 61.5 Å². The number of aryl methyl sites for hydroxylation is 1. The first-order chi connectivity index (χ1) is 43.0. The second-order valence-electron chi connectivity index (χ2n) is 19.2. The molecule has 3 aromatic rings. The van der Waals surface area contributed by atoms with E-state index in [1.807, 2.05) is 27.7 Å². The Morgan fingerprint density at radius 3 is 1.19 bits per heavy atom. The largest absolute Gasteiger partial charge is 0.465 e. The number of nitriles is 1. The maximum atomic E-state index is 13.7. The molecule has 3 aliphatic rings. The van der Waals surface area contributed by atoms with Gasteiger partial charge in [0.1, 0.15) is 49.4 Å². The van der Waals surface area contributed by atoms with Crippen LogP contribution in [0.3, 0.4) is 0 Å². The van der Waals surface area contributed by atoms with Crippen LogP contribution in [0.5, 0.6) is 23.0 Å². The molecule has 0 atom stereocenters. The molecule has 2 saturated carbocycles. The topological polar surface area (TPSA) is 291 Å². The Morgan fingerprint density at radius 1 is 0.506 bits per heavy atom. The van der Waals surface area contributed by atoms with Crippen LogP contribution in [0, 0.1) is 49.0 Å². The molecule has 0 radical (unpaired) electrons. The van der Waals surface area contributed by atoms with Crippen molar-refractivity contribution in [1.82, 2.24) is 0 Å². The second kappa shape index (κ2) is 41.4. The number of benzene rings is 3. The number of nitrogens with zero attached hydrogens (tertiary/aromatic N) is 2. The zero-order chi connectivity index (χ0) is 65.7. The lowest BCUT2D eigenvalue weighted by molar-refractivity contribution is -0.152. The van der Waals surface area contributed by atoms with Gasteiger partial charge in [0.15, 0.2) is 6.20 Å². The van der Waals surface area contributed by atoms with Crippen molar-refractivity contribution in [1.29, 1.82) is 5.26 Å². The molecule has 2 aliphatic carbocycles. The van der Waals surface area contributed by atoms with Crippen LogP contribution in [-0.2, 0) is 89.2 Å². The Bertz CT molecular complexity index is 3010. The lowest BCUT2D eigenvalue weighted by atomic mass is 9.82. The third-order valence-electron chi connectivity index (χ3n) is 13.3. The zero-order valence-electron chi connectivity index (χ0n) is 50.7. The molecule has 3 aromatic carbocycles. The van der Waals surface area contributed by atoms with Gasteiger partial charge in [0, 0.05) is 35.8 Å². The van der Waals surface area contributed by atoms with Crippen LogP contribution >= 0.6 is 23.5 Å². The predicted molar refractivity (Wildman–Crippen MR) is 325 cm³/mol. The molecule has 0 saturated heterocycles. The van der Waals surface area contributed by atoms with Gasteiger partial charge in [0.05, 0.1) is 78.9 Å². The van der Waals surface area contributed by atoms with Gasteiger partial charge in [0.2, 0.25) is 0 Å². The van der Waals surface area contributed by atoms with Gasteiger partial charge in [-0.25, -0.2) is 19.7 Å². The third-order valence-corrected chi connectivity index (χ3v) is 15.7. The van der Waals surface area contributed by atoms with Gasteiger partial charge in [-0.1, -0.05) is 88.6 Å². The number of rotatable bonds is 28. The van der Waals surface area contributed by atoms with Gasteiger partial charge in [-0.3, -0.25) is 38.4 Å². The van der Waals surface area contributed by atoms with Gasteiger partial charge >= 0.3 is 59.7 Å². The molecule has 1 heterocycles. The Labute approximate surface area is 527 Å². The molecule has 2 fully saturated rings. The van der Waals surface area contributed by atoms with Crippen molar-refractivity contribution in [3.63, 3.8) is 0 Å². The molecule has 478 valence electrons. The highest BCUT2D eigenvalue weighted by Crippen LogP contribution is 2.59. The lowest BCUT2D eigenvalue weighted by Gasteiger charge is -2.27. The highest BCUT2D eigenvalue weighted by Gasteiger charge is 2.37. The molecule has 0 aromatic heterocycles. The van der Waals surface area contributed by atoms with Crippen LogP contribution < -0.4 is 18.9 Å². The summed E-state index contributed by atoms with van der Waals surface area (Å²) in [5, 5.41) is 6.50. The molecular formula is C65H76N2O20S2. The average molecular weight is 1270 g/mol. The third kappa shape index (κ3) is 26.2. The molecule has 89 heavy (non-hydrogen) atoms. The molecule has 0 spiro atoms. The van der Waals surface area contributed by atoms with Gasteiger partial charge in [0.25, 0.3) is 0 Å². The number of fused-ring (bicyclic) bond motifs is 1. The Morgan fingerprint density at radius 2 is 0.831 bits per heavy atom. The molecule has 0 N–H and O–H groups in total. The summed E-state index contributed by atoms with van der Waals surface area (Å²) in [6.07, 6.45) is 6.47. The number of carbonyl (C=O) groups is 10. The van der Waals surface area contributed by atoms with Crippen LogP contribution in [0.1, 0.15) is 121 Å². The summed E-state index contributed by atoms with van der Waals surface area (Å²) in [6, 6.07) is 15.2. The number of hydrogen-bond acceptors (Lipinski definition) is 23. The number of hydrogen-bond donors (Lipinski definition) is 0. The van der Waals surface area contributed by atoms with Crippen molar-refractivity contribution >= 4 is 83.2 Å². The molecule has 24 heteroatoms. The van der Waals surface area contributed by atoms with Gasteiger partial charge in [-0.05, 0) is 105 Å². The molecular weight excluding hydrogens is 1190 g/mol. The van der Waals surface area contributed by atoms with Crippen LogP contribution in [0.4, 0.5) is 0 Å². The van der Waals surface area contributed by atoms with Crippen molar-refractivity contribution in [2.75, 3.05) is 39.6 Å². The lowest BCUT2D eigenvalue weighted by Crippen LogP contribution is -2.31. The summed E-state index contributed by atoms with van der Waals surface area (Å²) in [5.41, 5.74) is 2.18. The zero-order valence-corrected chi connectivity index (χ0v) is 52.4. The van der Waals surface area contributed by atoms with Crippen LogP contribution in [0.25, 0.3) is 4.85 Å². The summed E-state index contributed by atoms with van der Waals surface area (Å²) >= 11 is 2.48. The van der Waals surface area contributed by atoms with E-state index in [9.17, 15) is 47.9 Å². The molecule has 0 bridgehead atoms. The van der Waals surface area contributed by atoms with E-state index in [1.165, 1.54) is 29.7 Å². The Hall–Kier alpha value is -8.74. The Kier molecular flexibility index (Phi) is 34.7. The van der Waals surface area contributed by atoms with Crippen molar-refractivity contribution < 1.29 is 95.3 Å². The summed E-state index contributed by atoms with van der Waals surface area (Å²) in [4.78, 5) is 128. The van der Waals surface area contributed by atoms with Crippen LogP contribution in [-0.4, -0.2) is 99.3 Å². The fraction of sp³-hybridized carbons (Fsp3) is 0.446. The summed E-state index contributed by atoms with van der Waals surface area (Å²) < 4.78 is 53.7. The normalized spacial score (nSPS) is 16.4. The SMILES string of the molecule is C#N.CC.CC.[C-]#[N+]/C=C1\Sc2c(OC(=O)C3CCC(C(=O)Oc4ccc(CCOC(=O)CCC(=O)OCCOC(=O)C=C)cc4)CC3)cc(C)c(OC(=O)C3CCC(C(=O)Oc4ccc(CCOC(=O)CCC(=O)OCCOC(=O)C=C)cc4)CC3)c2S1. The first-order valence-electron chi connectivity index (χ1n) is 29.1. The minimum absolute atomic E-state index is 0.0637. The van der Waals surface area contributed by atoms with Crippen molar-refractivity contribution in [2.24, 2.45) is 23.7 Å². The fourth-order valence-electron chi connectivity index (χ4n) is 8.77. The summed E-state index contributed by atoms with van der Waals surface area (Å²) in [6.45, 7) is 26.8. The highest BCUT2D eigenvalue weighted by atomic mass is 32.2. The quantitative estimate of drug-likeness (QED) is 0.0163. The predicted octanol–water partition coefficient (Wildman–Crippen LogP) is 11.0. The van der Waals surface area contributed by atoms with Gasteiger partial charge in [-0.15, -0.1) is 0 Å². The van der Waals surface area contributed by atoms with Gasteiger partial charge < -0.3 is 47.4 Å².